The molecular formula is C23H34N2O. The fourth-order valence-electron chi connectivity index (χ4n) is 2.66. The molecule has 3 N–H and O–H groups in total. The van der Waals surface area contributed by atoms with E-state index in [1.807, 2.05) is 13.0 Å². The van der Waals surface area contributed by atoms with Gasteiger partial charge in [-0.2, -0.15) is 0 Å². The Bertz CT molecular complexity index is 641. The van der Waals surface area contributed by atoms with Crippen LogP contribution in [-0.4, -0.2) is 6.61 Å². The van der Waals surface area contributed by atoms with Crippen LogP contribution in [0.25, 0.3) is 0 Å². The lowest BCUT2D eigenvalue weighted by Gasteiger charge is -2.17. The van der Waals surface area contributed by atoms with Crippen molar-refractivity contribution in [3.63, 3.8) is 0 Å². The monoisotopic (exact) mass is 354 g/mol. The fraction of sp³-hybridized carbons (Fsp3) is 0.391. The molecule has 0 saturated carbocycles. The van der Waals surface area contributed by atoms with Gasteiger partial charge in [-0.3, -0.25) is 0 Å². The van der Waals surface area contributed by atoms with Crippen molar-refractivity contribution in [1.82, 2.24) is 5.32 Å². The van der Waals surface area contributed by atoms with E-state index in [1.165, 1.54) is 16.7 Å². The van der Waals surface area contributed by atoms with Crippen molar-refractivity contribution in [3.05, 3.63) is 83.9 Å². The molecule has 1 rings (SSSR count). The number of unbranched alkanes of at least 4 members (excludes halogenated alkanes) is 1. The van der Waals surface area contributed by atoms with Gasteiger partial charge in [0.2, 0.25) is 0 Å². The lowest BCUT2D eigenvalue weighted by Crippen LogP contribution is -2.15. The number of benzene rings is 1. The SMILES string of the molecule is C=CC(CCCCOC(=C)NCc1ccc(C)cc1)/C(C)=C(\C)C(=C)N. The van der Waals surface area contributed by atoms with Gasteiger partial charge in [0.1, 0.15) is 0 Å². The molecule has 0 aliphatic carbocycles. The Kier molecular flexibility index (Phi) is 9.35. The largest absolute Gasteiger partial charge is 0.480 e. The Morgan fingerprint density at radius 2 is 1.85 bits per heavy atom. The smallest absolute Gasteiger partial charge is 0.179 e. The van der Waals surface area contributed by atoms with Crippen LogP contribution in [0, 0.1) is 12.8 Å². The number of hydrogen-bond donors (Lipinski definition) is 2. The van der Waals surface area contributed by atoms with Gasteiger partial charge in [-0.1, -0.05) is 48.1 Å². The van der Waals surface area contributed by atoms with Crippen LogP contribution in [0.3, 0.4) is 0 Å². The zero-order chi connectivity index (χ0) is 19.5. The van der Waals surface area contributed by atoms with Gasteiger partial charge in [0, 0.05) is 12.2 Å². The molecule has 1 aromatic rings. The van der Waals surface area contributed by atoms with Crippen LogP contribution in [-0.2, 0) is 11.3 Å². The third-order valence-electron chi connectivity index (χ3n) is 4.71. The molecule has 0 spiro atoms. The van der Waals surface area contributed by atoms with Crippen LogP contribution in [0.5, 0.6) is 0 Å². The Balaban J connectivity index is 2.25. The predicted molar refractivity (Wildman–Crippen MR) is 112 cm³/mol. The van der Waals surface area contributed by atoms with E-state index in [9.17, 15) is 0 Å². The molecule has 3 heteroatoms. The van der Waals surface area contributed by atoms with Crippen molar-refractivity contribution in [3.8, 4) is 0 Å². The second kappa shape index (κ2) is 11.2. The molecule has 3 nitrogen and oxygen atoms in total. The molecule has 142 valence electrons. The standard InChI is InChI=1S/C23H34N2O/c1-7-23(19(4)18(3)20(5)24)10-8-9-15-26-21(6)25-16-22-13-11-17(2)12-14-22/h7,11-14,23,25H,1,5-6,8-10,15-16,24H2,2-4H3/b19-18+. The molecule has 26 heavy (non-hydrogen) atoms. The van der Waals surface area contributed by atoms with Gasteiger partial charge in [-0.25, -0.2) is 0 Å². The average Bonchev–Trinajstić information content (AvgIpc) is 2.63. The highest BCUT2D eigenvalue weighted by atomic mass is 16.5. The van der Waals surface area contributed by atoms with Gasteiger partial charge < -0.3 is 15.8 Å². The van der Waals surface area contributed by atoms with Crippen molar-refractivity contribution in [1.29, 1.82) is 0 Å². The van der Waals surface area contributed by atoms with E-state index >= 15 is 0 Å². The van der Waals surface area contributed by atoms with E-state index in [0.717, 1.165) is 31.4 Å². The lowest BCUT2D eigenvalue weighted by atomic mass is 9.90. The third-order valence-corrected chi connectivity index (χ3v) is 4.71. The maximum atomic E-state index is 5.79. The quantitative estimate of drug-likeness (QED) is 0.230. The first-order valence-corrected chi connectivity index (χ1v) is 9.21. The Labute approximate surface area is 159 Å². The highest BCUT2D eigenvalue weighted by Crippen LogP contribution is 2.23. The van der Waals surface area contributed by atoms with Gasteiger partial charge in [0.05, 0.1) is 6.61 Å². The zero-order valence-electron chi connectivity index (χ0n) is 16.6. The van der Waals surface area contributed by atoms with Crippen molar-refractivity contribution in [2.24, 2.45) is 11.7 Å². The van der Waals surface area contributed by atoms with Gasteiger partial charge in [-0.05, 0) is 63.7 Å². The maximum Gasteiger partial charge on any atom is 0.179 e. The first-order chi connectivity index (χ1) is 12.3. The summed E-state index contributed by atoms with van der Waals surface area (Å²) in [5, 5.41) is 3.21. The van der Waals surface area contributed by atoms with Crippen LogP contribution < -0.4 is 11.1 Å². The van der Waals surface area contributed by atoms with Crippen LogP contribution in [0.4, 0.5) is 0 Å². The summed E-state index contributed by atoms with van der Waals surface area (Å²) in [6.07, 6.45) is 5.06. The molecule has 0 aromatic heterocycles. The summed E-state index contributed by atoms with van der Waals surface area (Å²) in [5.74, 6) is 0.954. The first kappa shape index (κ1) is 21.6. The van der Waals surface area contributed by atoms with Crippen LogP contribution in [0.1, 0.15) is 44.2 Å². The van der Waals surface area contributed by atoms with E-state index in [-0.39, 0.29) is 0 Å². The first-order valence-electron chi connectivity index (χ1n) is 9.21. The molecule has 0 aliphatic heterocycles. The van der Waals surface area contributed by atoms with Crippen molar-refractivity contribution in [2.75, 3.05) is 6.61 Å². The molecule has 0 heterocycles. The molecule has 0 amide bonds. The zero-order valence-corrected chi connectivity index (χ0v) is 16.6. The van der Waals surface area contributed by atoms with Crippen LogP contribution >= 0.6 is 0 Å². The minimum absolute atomic E-state index is 0.332. The summed E-state index contributed by atoms with van der Waals surface area (Å²) in [5.41, 5.74) is 11.2. The third kappa shape index (κ3) is 7.64. The van der Waals surface area contributed by atoms with Crippen molar-refractivity contribution in [2.45, 2.75) is 46.6 Å². The predicted octanol–water partition coefficient (Wildman–Crippen LogP) is 5.35. The highest BCUT2D eigenvalue weighted by molar-refractivity contribution is 5.30. The molecule has 0 bridgehead atoms. The summed E-state index contributed by atoms with van der Waals surface area (Å²) in [6, 6.07) is 8.43. The second-order valence-electron chi connectivity index (χ2n) is 6.78. The average molecular weight is 355 g/mol. The van der Waals surface area contributed by atoms with E-state index in [1.54, 1.807) is 0 Å². The van der Waals surface area contributed by atoms with Crippen LogP contribution in [0.15, 0.2) is 72.8 Å². The fourth-order valence-corrected chi connectivity index (χ4v) is 2.66. The molecular weight excluding hydrogens is 320 g/mol. The van der Waals surface area contributed by atoms with E-state index in [2.05, 4.69) is 63.2 Å². The summed E-state index contributed by atoms with van der Waals surface area (Å²) >= 11 is 0. The molecule has 0 radical (unpaired) electrons. The number of nitrogens with two attached hydrogens (primary N) is 1. The minimum Gasteiger partial charge on any atom is -0.480 e. The molecule has 0 aliphatic rings. The van der Waals surface area contributed by atoms with Crippen molar-refractivity contribution < 1.29 is 4.74 Å². The number of allylic oxidation sites excluding steroid dienone is 3. The number of ether oxygens (including phenoxy) is 1. The number of hydrogen-bond acceptors (Lipinski definition) is 3. The summed E-state index contributed by atoms with van der Waals surface area (Å²) in [6.45, 7) is 19.3. The van der Waals surface area contributed by atoms with Gasteiger partial charge >= 0.3 is 0 Å². The number of nitrogens with one attached hydrogen (secondary N) is 1. The Hall–Kier alpha value is -2.42. The van der Waals surface area contributed by atoms with E-state index < -0.39 is 0 Å². The van der Waals surface area contributed by atoms with Gasteiger partial charge in [-0.15, -0.1) is 6.58 Å². The minimum atomic E-state index is 0.332. The lowest BCUT2D eigenvalue weighted by molar-refractivity contribution is 0.185. The number of aryl methyl sites for hydroxylation is 1. The molecule has 1 atom stereocenters. The molecule has 1 unspecified atom stereocenters. The molecule has 0 saturated heterocycles. The van der Waals surface area contributed by atoms with Gasteiger partial charge in [0.15, 0.2) is 5.88 Å². The topological polar surface area (TPSA) is 47.3 Å². The van der Waals surface area contributed by atoms with Crippen LogP contribution in [0.2, 0.25) is 0 Å². The van der Waals surface area contributed by atoms with Crippen molar-refractivity contribution >= 4 is 0 Å². The van der Waals surface area contributed by atoms with E-state index in [0.29, 0.717) is 24.1 Å². The van der Waals surface area contributed by atoms with E-state index in [4.69, 9.17) is 10.5 Å². The molecule has 1 aromatic carbocycles. The summed E-state index contributed by atoms with van der Waals surface area (Å²) in [4.78, 5) is 0. The summed E-state index contributed by atoms with van der Waals surface area (Å²) in [7, 11) is 0. The van der Waals surface area contributed by atoms with Gasteiger partial charge in [0.25, 0.3) is 0 Å². The summed E-state index contributed by atoms with van der Waals surface area (Å²) < 4.78 is 5.67. The maximum absolute atomic E-state index is 5.79. The highest BCUT2D eigenvalue weighted by Gasteiger charge is 2.10. The molecule has 0 fully saturated rings. The normalized spacial score (nSPS) is 12.7. The Morgan fingerprint density at radius 1 is 1.19 bits per heavy atom. The number of rotatable bonds is 12. The second-order valence-corrected chi connectivity index (χ2v) is 6.78. The Morgan fingerprint density at radius 3 is 2.42 bits per heavy atom.